The third-order valence-electron chi connectivity index (χ3n) is 3.76. The number of aliphatic hydroxyl groups is 1. The van der Waals surface area contributed by atoms with Crippen LogP contribution in [0.1, 0.15) is 25.0 Å². The van der Waals surface area contributed by atoms with E-state index >= 15 is 0 Å². The molecule has 142 valence electrons. The summed E-state index contributed by atoms with van der Waals surface area (Å²) >= 11 is 0. The van der Waals surface area contributed by atoms with Gasteiger partial charge >= 0.3 is 0 Å². The number of hydrogen-bond donors (Lipinski definition) is 3. The number of guanidine groups is 1. The number of hydrogen-bond acceptors (Lipinski definition) is 2. The average Bonchev–Trinajstić information content (AvgIpc) is 2.61. The van der Waals surface area contributed by atoms with E-state index in [0.717, 1.165) is 23.8 Å². The van der Waals surface area contributed by atoms with Crippen LogP contribution in [0.4, 0.5) is 8.78 Å². The van der Waals surface area contributed by atoms with Crippen molar-refractivity contribution >= 4 is 29.9 Å². The molecule has 3 N–H and O–H groups in total. The van der Waals surface area contributed by atoms with E-state index in [1.54, 1.807) is 6.92 Å². The fourth-order valence-electron chi connectivity index (χ4n) is 2.33. The van der Waals surface area contributed by atoms with Crippen molar-refractivity contribution in [2.75, 3.05) is 13.1 Å². The molecular weight excluding hydrogens is 451 g/mol. The molecular formula is C19H24F2IN3O. The van der Waals surface area contributed by atoms with Crippen molar-refractivity contribution in [3.63, 3.8) is 0 Å². The molecule has 0 radical (unpaired) electrons. The Hall–Kier alpha value is -1.74. The van der Waals surface area contributed by atoms with Gasteiger partial charge in [-0.05, 0) is 37.6 Å². The maximum absolute atomic E-state index is 13.7. The molecule has 0 fully saturated rings. The van der Waals surface area contributed by atoms with Gasteiger partial charge in [-0.25, -0.2) is 13.8 Å². The second kappa shape index (κ2) is 10.4. The topological polar surface area (TPSA) is 56.7 Å². The lowest BCUT2D eigenvalue weighted by Crippen LogP contribution is -2.44. The molecule has 2 aromatic carbocycles. The number of aliphatic imine (C=N–C) groups is 1. The molecule has 26 heavy (non-hydrogen) atoms. The quantitative estimate of drug-likeness (QED) is 0.341. The van der Waals surface area contributed by atoms with Crippen molar-refractivity contribution in [3.05, 3.63) is 71.3 Å². The summed E-state index contributed by atoms with van der Waals surface area (Å²) in [7, 11) is 0. The fourth-order valence-corrected chi connectivity index (χ4v) is 2.33. The summed E-state index contributed by atoms with van der Waals surface area (Å²) in [5.41, 5.74) is -0.150. The van der Waals surface area contributed by atoms with Crippen LogP contribution in [0, 0.1) is 11.6 Å². The normalized spacial score (nSPS) is 13.5. The van der Waals surface area contributed by atoms with Crippen molar-refractivity contribution in [1.82, 2.24) is 10.6 Å². The van der Waals surface area contributed by atoms with Crippen LogP contribution >= 0.6 is 24.0 Å². The number of halogens is 3. The summed E-state index contributed by atoms with van der Waals surface area (Å²) in [5, 5.41) is 16.7. The van der Waals surface area contributed by atoms with Crippen LogP contribution in [0.25, 0.3) is 0 Å². The largest absolute Gasteiger partial charge is 0.384 e. The standard InChI is InChI=1S/C19H23F2N3O.HI/c1-3-22-18(23-12-14-11-16(20)9-10-17(14)21)24-13-19(2,25)15-7-5-4-6-8-15;/h4-11,25H,3,12-13H2,1-2H3,(H2,22,23,24);1H. The van der Waals surface area contributed by atoms with Gasteiger partial charge in [0.05, 0.1) is 13.1 Å². The van der Waals surface area contributed by atoms with Crippen LogP contribution in [-0.2, 0) is 12.1 Å². The van der Waals surface area contributed by atoms with Crippen molar-refractivity contribution in [2.45, 2.75) is 26.0 Å². The van der Waals surface area contributed by atoms with E-state index in [2.05, 4.69) is 15.6 Å². The summed E-state index contributed by atoms with van der Waals surface area (Å²) < 4.78 is 26.9. The number of nitrogens with zero attached hydrogens (tertiary/aromatic N) is 1. The molecule has 0 heterocycles. The lowest BCUT2D eigenvalue weighted by molar-refractivity contribution is 0.0617. The van der Waals surface area contributed by atoms with Crippen LogP contribution in [0.2, 0.25) is 0 Å². The zero-order chi connectivity index (χ0) is 18.3. The maximum Gasteiger partial charge on any atom is 0.191 e. The highest BCUT2D eigenvalue weighted by molar-refractivity contribution is 14.0. The van der Waals surface area contributed by atoms with E-state index in [1.165, 1.54) is 0 Å². The van der Waals surface area contributed by atoms with Gasteiger partial charge in [0.25, 0.3) is 0 Å². The molecule has 0 aliphatic heterocycles. The molecule has 0 bridgehead atoms. The Kier molecular flexibility index (Phi) is 8.94. The Labute approximate surface area is 169 Å². The molecule has 0 spiro atoms. The van der Waals surface area contributed by atoms with Gasteiger partial charge in [-0.3, -0.25) is 0 Å². The molecule has 2 rings (SSSR count). The Morgan fingerprint density at radius 1 is 1.12 bits per heavy atom. The van der Waals surface area contributed by atoms with Crippen molar-refractivity contribution < 1.29 is 13.9 Å². The number of rotatable bonds is 6. The molecule has 1 unspecified atom stereocenters. The summed E-state index contributed by atoms with van der Waals surface area (Å²) in [6.07, 6.45) is 0. The molecule has 0 saturated heterocycles. The van der Waals surface area contributed by atoms with Gasteiger partial charge in [-0.1, -0.05) is 30.3 Å². The predicted octanol–water partition coefficient (Wildman–Crippen LogP) is 3.55. The average molecular weight is 475 g/mol. The minimum atomic E-state index is -1.10. The van der Waals surface area contributed by atoms with Crippen LogP contribution in [0.5, 0.6) is 0 Å². The monoisotopic (exact) mass is 475 g/mol. The number of benzene rings is 2. The summed E-state index contributed by atoms with van der Waals surface area (Å²) in [6, 6.07) is 12.6. The fraction of sp³-hybridized carbons (Fsp3) is 0.316. The Morgan fingerprint density at radius 2 is 1.81 bits per heavy atom. The Morgan fingerprint density at radius 3 is 2.46 bits per heavy atom. The van der Waals surface area contributed by atoms with Gasteiger partial charge < -0.3 is 15.7 Å². The SMILES string of the molecule is CCNC(=NCc1cc(F)ccc1F)NCC(C)(O)c1ccccc1.I. The Balaban J connectivity index is 0.00000338. The minimum Gasteiger partial charge on any atom is -0.384 e. The highest BCUT2D eigenvalue weighted by Gasteiger charge is 2.22. The van der Waals surface area contributed by atoms with E-state index in [9.17, 15) is 13.9 Å². The highest BCUT2D eigenvalue weighted by Crippen LogP contribution is 2.18. The molecule has 4 nitrogen and oxygen atoms in total. The van der Waals surface area contributed by atoms with Crippen molar-refractivity contribution in [3.8, 4) is 0 Å². The van der Waals surface area contributed by atoms with Crippen molar-refractivity contribution in [1.29, 1.82) is 0 Å². The van der Waals surface area contributed by atoms with Crippen molar-refractivity contribution in [2.24, 2.45) is 4.99 Å². The van der Waals surface area contributed by atoms with Gasteiger partial charge in [0.2, 0.25) is 0 Å². The minimum absolute atomic E-state index is 0. The molecule has 7 heteroatoms. The van der Waals surface area contributed by atoms with Gasteiger partial charge in [0.15, 0.2) is 5.96 Å². The lowest BCUT2D eigenvalue weighted by Gasteiger charge is -2.25. The summed E-state index contributed by atoms with van der Waals surface area (Å²) in [6.45, 7) is 4.41. The molecule has 0 aliphatic carbocycles. The first-order valence-corrected chi connectivity index (χ1v) is 8.16. The van der Waals surface area contributed by atoms with E-state index < -0.39 is 17.2 Å². The first-order chi connectivity index (χ1) is 11.9. The molecule has 2 aromatic rings. The maximum atomic E-state index is 13.7. The molecule has 0 aromatic heterocycles. The molecule has 0 saturated carbocycles. The van der Waals surface area contributed by atoms with Gasteiger partial charge in [-0.15, -0.1) is 24.0 Å². The van der Waals surface area contributed by atoms with E-state index in [-0.39, 0.29) is 42.6 Å². The first-order valence-electron chi connectivity index (χ1n) is 8.16. The highest BCUT2D eigenvalue weighted by atomic mass is 127. The third kappa shape index (κ3) is 6.53. The van der Waals surface area contributed by atoms with Gasteiger partial charge in [0.1, 0.15) is 17.2 Å². The first kappa shape index (κ1) is 22.3. The second-order valence-corrected chi connectivity index (χ2v) is 5.92. The smallest absolute Gasteiger partial charge is 0.191 e. The van der Waals surface area contributed by atoms with E-state index in [1.807, 2.05) is 37.3 Å². The van der Waals surface area contributed by atoms with Crippen LogP contribution in [0.3, 0.4) is 0 Å². The summed E-state index contributed by atoms with van der Waals surface area (Å²) in [4.78, 5) is 4.26. The predicted molar refractivity (Wildman–Crippen MR) is 111 cm³/mol. The third-order valence-corrected chi connectivity index (χ3v) is 3.76. The molecule has 1 atom stereocenters. The lowest BCUT2D eigenvalue weighted by atomic mass is 9.96. The molecule has 0 aliphatic rings. The summed E-state index contributed by atoms with van der Waals surface area (Å²) in [5.74, 6) is -0.587. The second-order valence-electron chi connectivity index (χ2n) is 5.92. The zero-order valence-electron chi connectivity index (χ0n) is 14.8. The van der Waals surface area contributed by atoms with Gasteiger partial charge in [0, 0.05) is 12.1 Å². The van der Waals surface area contributed by atoms with Crippen LogP contribution in [0.15, 0.2) is 53.5 Å². The van der Waals surface area contributed by atoms with Crippen LogP contribution < -0.4 is 10.6 Å². The van der Waals surface area contributed by atoms with E-state index in [4.69, 9.17) is 0 Å². The number of nitrogens with one attached hydrogen (secondary N) is 2. The Bertz CT molecular complexity index is 724. The van der Waals surface area contributed by atoms with Crippen LogP contribution in [-0.4, -0.2) is 24.2 Å². The van der Waals surface area contributed by atoms with Gasteiger partial charge in [-0.2, -0.15) is 0 Å². The zero-order valence-corrected chi connectivity index (χ0v) is 17.1. The molecule has 0 amide bonds. The van der Waals surface area contributed by atoms with E-state index in [0.29, 0.717) is 12.5 Å².